The fourth-order valence-corrected chi connectivity index (χ4v) is 5.02. The fourth-order valence-electron chi connectivity index (χ4n) is 3.45. The molecule has 1 amide bonds. The predicted octanol–water partition coefficient (Wildman–Crippen LogP) is 1.69. The Bertz CT molecular complexity index is 706. The summed E-state index contributed by atoms with van der Waals surface area (Å²) in [5.41, 5.74) is 0.921. The molecular weight excluding hydrogens is 340 g/mol. The summed E-state index contributed by atoms with van der Waals surface area (Å²) >= 11 is 0. The van der Waals surface area contributed by atoms with E-state index in [1.54, 1.807) is 18.2 Å². The first-order chi connectivity index (χ1) is 12.0. The van der Waals surface area contributed by atoms with E-state index >= 15 is 0 Å². The topological polar surface area (TPSA) is 75.7 Å². The lowest BCUT2D eigenvalue weighted by atomic mass is 9.97. The van der Waals surface area contributed by atoms with Crippen molar-refractivity contribution >= 4 is 15.9 Å². The maximum atomic E-state index is 12.7. The molecule has 1 aromatic rings. The SMILES string of the molecule is Cc1cccc(S(=O)(=O)N2CCC(C(=O)NCC3CCCO3)CC2)c1. The molecule has 1 unspecified atom stereocenters. The fraction of sp³-hybridized carbons (Fsp3) is 0.611. The third-order valence-corrected chi connectivity index (χ3v) is 6.87. The molecule has 0 bridgehead atoms. The molecule has 0 spiro atoms. The maximum absolute atomic E-state index is 12.7. The average Bonchev–Trinajstić information content (AvgIpc) is 3.13. The minimum Gasteiger partial charge on any atom is -0.376 e. The summed E-state index contributed by atoms with van der Waals surface area (Å²) in [7, 11) is -3.48. The van der Waals surface area contributed by atoms with Crippen LogP contribution in [0.2, 0.25) is 0 Å². The van der Waals surface area contributed by atoms with Crippen LogP contribution in [0, 0.1) is 12.8 Å². The molecule has 0 saturated carbocycles. The van der Waals surface area contributed by atoms with Crippen molar-refractivity contribution in [3.63, 3.8) is 0 Å². The number of sulfonamides is 1. The Labute approximate surface area is 149 Å². The molecule has 25 heavy (non-hydrogen) atoms. The quantitative estimate of drug-likeness (QED) is 0.860. The minimum atomic E-state index is -3.48. The number of benzene rings is 1. The van der Waals surface area contributed by atoms with E-state index in [1.165, 1.54) is 4.31 Å². The number of carbonyl (C=O) groups excluding carboxylic acids is 1. The van der Waals surface area contributed by atoms with Crippen molar-refractivity contribution in [3.8, 4) is 0 Å². The minimum absolute atomic E-state index is 0.0168. The van der Waals surface area contributed by atoms with E-state index in [2.05, 4.69) is 5.32 Å². The summed E-state index contributed by atoms with van der Waals surface area (Å²) in [6.07, 6.45) is 3.29. The highest BCUT2D eigenvalue weighted by molar-refractivity contribution is 7.89. The first-order valence-electron chi connectivity index (χ1n) is 8.93. The van der Waals surface area contributed by atoms with Gasteiger partial charge in [0.2, 0.25) is 15.9 Å². The first kappa shape index (κ1) is 18.4. The molecular formula is C18H26N2O4S. The summed E-state index contributed by atoms with van der Waals surface area (Å²) in [5.74, 6) is -0.103. The van der Waals surface area contributed by atoms with Gasteiger partial charge in [0, 0.05) is 32.2 Å². The van der Waals surface area contributed by atoms with E-state index in [-0.39, 0.29) is 17.9 Å². The predicted molar refractivity (Wildman–Crippen MR) is 94.6 cm³/mol. The monoisotopic (exact) mass is 366 g/mol. The molecule has 0 aromatic heterocycles. The molecule has 1 N–H and O–H groups in total. The summed E-state index contributed by atoms with van der Waals surface area (Å²) in [6.45, 7) is 3.97. The standard InChI is InChI=1S/C18H26N2O4S/c1-14-4-2-6-17(12-14)25(22,23)20-9-7-15(8-10-20)18(21)19-13-16-5-3-11-24-16/h2,4,6,12,15-16H,3,5,7-11,13H2,1H3,(H,19,21). The van der Waals surface area contributed by atoms with E-state index in [0.717, 1.165) is 25.0 Å². The molecule has 138 valence electrons. The van der Waals surface area contributed by atoms with Gasteiger partial charge in [-0.3, -0.25) is 4.79 Å². The lowest BCUT2D eigenvalue weighted by molar-refractivity contribution is -0.126. The van der Waals surface area contributed by atoms with Crippen LogP contribution in [0.1, 0.15) is 31.2 Å². The van der Waals surface area contributed by atoms with Crippen LogP contribution in [0.15, 0.2) is 29.2 Å². The summed E-state index contributed by atoms with van der Waals surface area (Å²) in [5, 5.41) is 2.96. The van der Waals surface area contributed by atoms with Crippen molar-refractivity contribution in [2.45, 2.75) is 43.6 Å². The largest absolute Gasteiger partial charge is 0.376 e. The number of aryl methyl sites for hydroxylation is 1. The van der Waals surface area contributed by atoms with Gasteiger partial charge in [-0.05, 0) is 50.3 Å². The van der Waals surface area contributed by atoms with Gasteiger partial charge in [-0.15, -0.1) is 0 Å². The molecule has 6 nitrogen and oxygen atoms in total. The van der Waals surface area contributed by atoms with Crippen LogP contribution in [0.4, 0.5) is 0 Å². The first-order valence-corrected chi connectivity index (χ1v) is 10.4. The Kier molecular flexibility index (Phi) is 5.76. The van der Waals surface area contributed by atoms with E-state index in [9.17, 15) is 13.2 Å². The van der Waals surface area contributed by atoms with Gasteiger partial charge in [-0.1, -0.05) is 12.1 Å². The Morgan fingerprint density at radius 2 is 2.04 bits per heavy atom. The van der Waals surface area contributed by atoms with Crippen LogP contribution in [0.3, 0.4) is 0 Å². The molecule has 3 rings (SSSR count). The lowest BCUT2D eigenvalue weighted by Crippen LogP contribution is -2.44. The van der Waals surface area contributed by atoms with Gasteiger partial charge >= 0.3 is 0 Å². The van der Waals surface area contributed by atoms with Crippen LogP contribution >= 0.6 is 0 Å². The molecule has 0 aliphatic carbocycles. The van der Waals surface area contributed by atoms with Gasteiger partial charge in [0.15, 0.2) is 0 Å². The molecule has 2 aliphatic rings. The highest BCUT2D eigenvalue weighted by atomic mass is 32.2. The van der Waals surface area contributed by atoms with E-state index in [0.29, 0.717) is 37.4 Å². The van der Waals surface area contributed by atoms with Gasteiger partial charge in [0.25, 0.3) is 0 Å². The number of ether oxygens (including phenoxy) is 1. The molecule has 1 atom stereocenters. The second-order valence-corrected chi connectivity index (χ2v) is 8.81. The molecule has 7 heteroatoms. The van der Waals surface area contributed by atoms with Gasteiger partial charge in [-0.25, -0.2) is 8.42 Å². The second-order valence-electron chi connectivity index (χ2n) is 6.88. The number of amides is 1. The molecule has 2 aliphatic heterocycles. The Balaban J connectivity index is 1.53. The van der Waals surface area contributed by atoms with E-state index < -0.39 is 10.0 Å². The van der Waals surface area contributed by atoms with Gasteiger partial charge in [-0.2, -0.15) is 4.31 Å². The van der Waals surface area contributed by atoms with Crippen molar-refractivity contribution in [1.29, 1.82) is 0 Å². The molecule has 2 saturated heterocycles. The Hall–Kier alpha value is -1.44. The number of hydrogen-bond acceptors (Lipinski definition) is 4. The normalized spacial score (nSPS) is 22.8. The van der Waals surface area contributed by atoms with E-state index in [4.69, 9.17) is 4.74 Å². The third-order valence-electron chi connectivity index (χ3n) is 4.98. The molecule has 2 fully saturated rings. The van der Waals surface area contributed by atoms with Crippen LogP contribution in [-0.2, 0) is 19.6 Å². The van der Waals surface area contributed by atoms with Crippen molar-refractivity contribution < 1.29 is 17.9 Å². The van der Waals surface area contributed by atoms with Gasteiger partial charge in [0.1, 0.15) is 0 Å². The number of hydrogen-bond donors (Lipinski definition) is 1. The summed E-state index contributed by atoms with van der Waals surface area (Å²) in [4.78, 5) is 12.6. The third kappa shape index (κ3) is 4.40. The van der Waals surface area contributed by atoms with Crippen molar-refractivity contribution in [2.24, 2.45) is 5.92 Å². The number of piperidine rings is 1. The Morgan fingerprint density at radius 3 is 2.68 bits per heavy atom. The smallest absolute Gasteiger partial charge is 0.243 e. The van der Waals surface area contributed by atoms with Gasteiger partial charge < -0.3 is 10.1 Å². The van der Waals surface area contributed by atoms with Crippen LogP contribution < -0.4 is 5.32 Å². The van der Waals surface area contributed by atoms with Gasteiger partial charge in [0.05, 0.1) is 11.0 Å². The summed E-state index contributed by atoms with van der Waals surface area (Å²) in [6, 6.07) is 6.95. The number of carbonyl (C=O) groups is 1. The zero-order valence-corrected chi connectivity index (χ0v) is 15.4. The lowest BCUT2D eigenvalue weighted by Gasteiger charge is -2.30. The van der Waals surface area contributed by atoms with Crippen LogP contribution in [0.5, 0.6) is 0 Å². The van der Waals surface area contributed by atoms with Crippen LogP contribution in [0.25, 0.3) is 0 Å². The maximum Gasteiger partial charge on any atom is 0.243 e. The number of nitrogens with one attached hydrogen (secondary N) is 1. The second kappa shape index (κ2) is 7.85. The molecule has 0 radical (unpaired) electrons. The van der Waals surface area contributed by atoms with Crippen molar-refractivity contribution in [2.75, 3.05) is 26.2 Å². The van der Waals surface area contributed by atoms with Crippen molar-refractivity contribution in [1.82, 2.24) is 9.62 Å². The Morgan fingerprint density at radius 1 is 1.28 bits per heavy atom. The summed E-state index contributed by atoms with van der Waals surface area (Å²) < 4.78 is 32.4. The zero-order valence-electron chi connectivity index (χ0n) is 14.6. The highest BCUT2D eigenvalue weighted by Crippen LogP contribution is 2.24. The average molecular weight is 366 g/mol. The number of rotatable bonds is 5. The van der Waals surface area contributed by atoms with E-state index in [1.807, 2.05) is 13.0 Å². The number of nitrogens with zero attached hydrogens (tertiary/aromatic N) is 1. The molecule has 2 heterocycles. The van der Waals surface area contributed by atoms with Crippen molar-refractivity contribution in [3.05, 3.63) is 29.8 Å². The van der Waals surface area contributed by atoms with Crippen LogP contribution in [-0.4, -0.2) is 51.0 Å². The molecule has 1 aromatic carbocycles. The highest BCUT2D eigenvalue weighted by Gasteiger charge is 2.32. The zero-order chi connectivity index (χ0) is 17.9.